The monoisotopic (exact) mass is 265 g/mol. The number of Topliss-reactive ketones (excluding diaryl/α,β-unsaturated/α-hetero) is 1. The minimum Gasteiger partial charge on any atom is -0.293 e. The second-order valence-electron chi connectivity index (χ2n) is 5.67. The van der Waals surface area contributed by atoms with Gasteiger partial charge in [-0.15, -0.1) is 11.3 Å². The quantitative estimate of drug-likeness (QED) is 0.774. The molecule has 1 aromatic rings. The van der Waals surface area contributed by atoms with Crippen LogP contribution in [-0.4, -0.2) is 29.8 Å². The number of aryl methyl sites for hydroxylation is 2. The first-order valence-electron chi connectivity index (χ1n) is 6.83. The summed E-state index contributed by atoms with van der Waals surface area (Å²) < 4.78 is 0. The Morgan fingerprint density at radius 3 is 2.78 bits per heavy atom. The topological polar surface area (TPSA) is 20.3 Å². The van der Waals surface area contributed by atoms with E-state index in [0.29, 0.717) is 24.3 Å². The number of ketones is 1. The van der Waals surface area contributed by atoms with Gasteiger partial charge >= 0.3 is 0 Å². The van der Waals surface area contributed by atoms with Crippen molar-refractivity contribution < 1.29 is 4.79 Å². The summed E-state index contributed by atoms with van der Waals surface area (Å²) in [6, 6.07) is 2.64. The lowest BCUT2D eigenvalue weighted by Gasteiger charge is -2.26. The van der Waals surface area contributed by atoms with Crippen LogP contribution < -0.4 is 0 Å². The van der Waals surface area contributed by atoms with E-state index >= 15 is 0 Å². The van der Waals surface area contributed by atoms with Crippen molar-refractivity contribution in [2.45, 2.75) is 46.6 Å². The second kappa shape index (κ2) is 5.54. The third-order valence-corrected chi connectivity index (χ3v) is 4.84. The molecule has 2 rings (SSSR count). The molecule has 0 amide bonds. The average molecular weight is 265 g/mol. The summed E-state index contributed by atoms with van der Waals surface area (Å²) in [6.45, 7) is 10.3. The molecule has 2 nitrogen and oxygen atoms in total. The van der Waals surface area contributed by atoms with E-state index in [1.54, 1.807) is 11.3 Å². The molecule has 1 fully saturated rings. The second-order valence-corrected chi connectivity index (χ2v) is 7.13. The minimum atomic E-state index is 0.296. The molecule has 100 valence electrons. The molecule has 0 aliphatic carbocycles. The lowest BCUT2D eigenvalue weighted by Crippen LogP contribution is -2.37. The number of thiophene rings is 1. The number of nitrogens with zero attached hydrogens (tertiary/aromatic N) is 1. The number of hydrogen-bond acceptors (Lipinski definition) is 3. The third kappa shape index (κ3) is 2.83. The van der Waals surface area contributed by atoms with Crippen molar-refractivity contribution in [3.63, 3.8) is 0 Å². The van der Waals surface area contributed by atoms with E-state index in [1.807, 2.05) is 6.07 Å². The fraction of sp³-hybridized carbons (Fsp3) is 0.667. The van der Waals surface area contributed by atoms with Gasteiger partial charge in [-0.2, -0.15) is 0 Å². The van der Waals surface area contributed by atoms with Crippen molar-refractivity contribution in [2.24, 2.45) is 5.92 Å². The summed E-state index contributed by atoms with van der Waals surface area (Å²) in [5.41, 5.74) is 0.937. The fourth-order valence-electron chi connectivity index (χ4n) is 2.98. The molecule has 1 aliphatic heterocycles. The molecule has 1 aromatic heterocycles. The van der Waals surface area contributed by atoms with Gasteiger partial charge in [0.2, 0.25) is 0 Å². The van der Waals surface area contributed by atoms with Crippen molar-refractivity contribution in [1.82, 2.24) is 4.90 Å². The average Bonchev–Trinajstić information content (AvgIpc) is 2.85. The Morgan fingerprint density at radius 2 is 2.22 bits per heavy atom. The van der Waals surface area contributed by atoms with E-state index in [4.69, 9.17) is 0 Å². The van der Waals surface area contributed by atoms with Crippen LogP contribution in [0, 0.1) is 19.8 Å². The van der Waals surface area contributed by atoms with Gasteiger partial charge in [0.05, 0.1) is 6.54 Å². The summed E-state index contributed by atoms with van der Waals surface area (Å²) in [4.78, 5) is 17.1. The van der Waals surface area contributed by atoms with Gasteiger partial charge in [0.25, 0.3) is 0 Å². The SMILES string of the molecule is Cc1cc(C(=O)CN2CCCC2C(C)C)c(C)s1. The molecular formula is C15H23NOS. The molecule has 0 bridgehead atoms. The van der Waals surface area contributed by atoms with Crippen molar-refractivity contribution >= 4 is 17.1 Å². The summed E-state index contributed by atoms with van der Waals surface area (Å²) in [6.07, 6.45) is 2.48. The number of rotatable bonds is 4. The van der Waals surface area contributed by atoms with E-state index < -0.39 is 0 Å². The van der Waals surface area contributed by atoms with Crippen LogP contribution >= 0.6 is 11.3 Å². The molecule has 0 N–H and O–H groups in total. The van der Waals surface area contributed by atoms with Crippen LogP contribution in [0.25, 0.3) is 0 Å². The van der Waals surface area contributed by atoms with Gasteiger partial charge in [0.1, 0.15) is 0 Å². The van der Waals surface area contributed by atoms with E-state index in [2.05, 4.69) is 32.6 Å². The van der Waals surface area contributed by atoms with Crippen molar-refractivity contribution in [2.75, 3.05) is 13.1 Å². The van der Waals surface area contributed by atoms with Gasteiger partial charge < -0.3 is 0 Å². The summed E-state index contributed by atoms with van der Waals surface area (Å²) in [7, 11) is 0. The van der Waals surface area contributed by atoms with Gasteiger partial charge in [0.15, 0.2) is 5.78 Å². The lowest BCUT2D eigenvalue weighted by atomic mass is 10.0. The van der Waals surface area contributed by atoms with Crippen LogP contribution in [0.1, 0.15) is 46.8 Å². The van der Waals surface area contributed by atoms with Gasteiger partial charge in [-0.25, -0.2) is 0 Å². The predicted molar refractivity (Wildman–Crippen MR) is 77.6 cm³/mol. The first kappa shape index (κ1) is 13.8. The maximum Gasteiger partial charge on any atom is 0.177 e. The minimum absolute atomic E-state index is 0.296. The van der Waals surface area contributed by atoms with E-state index in [1.165, 1.54) is 17.7 Å². The van der Waals surface area contributed by atoms with E-state index in [0.717, 1.165) is 17.0 Å². The Hall–Kier alpha value is -0.670. The highest BCUT2D eigenvalue weighted by atomic mass is 32.1. The molecule has 0 saturated carbocycles. The Labute approximate surface area is 114 Å². The Bertz CT molecular complexity index is 436. The molecule has 0 spiro atoms. The highest BCUT2D eigenvalue weighted by Crippen LogP contribution is 2.26. The molecule has 3 heteroatoms. The summed E-state index contributed by atoms with van der Waals surface area (Å²) in [5.74, 6) is 0.940. The van der Waals surface area contributed by atoms with Crippen LogP contribution in [0.2, 0.25) is 0 Å². The molecular weight excluding hydrogens is 242 g/mol. The number of carbonyl (C=O) groups excluding carboxylic acids is 1. The van der Waals surface area contributed by atoms with Crippen molar-refractivity contribution in [3.8, 4) is 0 Å². The smallest absolute Gasteiger partial charge is 0.177 e. The number of likely N-dealkylation sites (tertiary alicyclic amines) is 1. The first-order valence-corrected chi connectivity index (χ1v) is 7.65. The zero-order valence-corrected chi connectivity index (χ0v) is 12.6. The van der Waals surface area contributed by atoms with E-state index in [9.17, 15) is 4.79 Å². The summed E-state index contributed by atoms with van der Waals surface area (Å²) in [5, 5.41) is 0. The maximum atomic E-state index is 12.4. The molecule has 0 aromatic carbocycles. The Balaban J connectivity index is 2.05. The molecule has 0 radical (unpaired) electrons. The van der Waals surface area contributed by atoms with Gasteiger partial charge in [0, 0.05) is 21.4 Å². The summed E-state index contributed by atoms with van der Waals surface area (Å²) >= 11 is 1.72. The lowest BCUT2D eigenvalue weighted by molar-refractivity contribution is 0.0904. The highest BCUT2D eigenvalue weighted by molar-refractivity contribution is 7.12. The van der Waals surface area contributed by atoms with Crippen LogP contribution in [0.15, 0.2) is 6.07 Å². The van der Waals surface area contributed by atoms with Crippen LogP contribution in [0.3, 0.4) is 0 Å². The largest absolute Gasteiger partial charge is 0.293 e. The Kier molecular flexibility index (Phi) is 4.23. The molecule has 1 aliphatic rings. The van der Waals surface area contributed by atoms with Gasteiger partial charge in [-0.3, -0.25) is 9.69 Å². The molecule has 1 atom stereocenters. The number of carbonyl (C=O) groups is 1. The van der Waals surface area contributed by atoms with Crippen LogP contribution in [-0.2, 0) is 0 Å². The molecule has 1 saturated heterocycles. The standard InChI is InChI=1S/C15H23NOS/c1-10(2)14-6-5-7-16(14)9-15(17)13-8-11(3)18-12(13)4/h8,10,14H,5-7,9H2,1-4H3. The normalized spacial score (nSPS) is 20.8. The molecule has 1 unspecified atom stereocenters. The zero-order valence-electron chi connectivity index (χ0n) is 11.8. The van der Waals surface area contributed by atoms with Gasteiger partial charge in [-0.1, -0.05) is 13.8 Å². The van der Waals surface area contributed by atoms with E-state index in [-0.39, 0.29) is 0 Å². The fourth-order valence-corrected chi connectivity index (χ4v) is 3.92. The third-order valence-electron chi connectivity index (χ3n) is 3.87. The first-order chi connectivity index (χ1) is 8.49. The van der Waals surface area contributed by atoms with Crippen molar-refractivity contribution in [3.05, 3.63) is 21.4 Å². The highest BCUT2D eigenvalue weighted by Gasteiger charge is 2.29. The molecule has 2 heterocycles. The number of hydrogen-bond donors (Lipinski definition) is 0. The maximum absolute atomic E-state index is 12.4. The Morgan fingerprint density at radius 1 is 1.50 bits per heavy atom. The molecule has 18 heavy (non-hydrogen) atoms. The predicted octanol–water partition coefficient (Wildman–Crippen LogP) is 3.67. The van der Waals surface area contributed by atoms with Crippen LogP contribution in [0.5, 0.6) is 0 Å². The van der Waals surface area contributed by atoms with Crippen LogP contribution in [0.4, 0.5) is 0 Å². The van der Waals surface area contributed by atoms with Gasteiger partial charge in [-0.05, 0) is 45.2 Å². The zero-order chi connectivity index (χ0) is 13.3. The van der Waals surface area contributed by atoms with Crippen molar-refractivity contribution in [1.29, 1.82) is 0 Å².